The third kappa shape index (κ3) is 3.57. The van der Waals surface area contributed by atoms with Crippen LogP contribution >= 0.6 is 0 Å². The van der Waals surface area contributed by atoms with E-state index in [1.807, 2.05) is 0 Å². The van der Waals surface area contributed by atoms with E-state index in [2.05, 4.69) is 26.0 Å². The Bertz CT molecular complexity index is 750. The van der Waals surface area contributed by atoms with Gasteiger partial charge in [-0.1, -0.05) is 31.1 Å². The van der Waals surface area contributed by atoms with Crippen LogP contribution in [0.25, 0.3) is 0 Å². The second-order valence-corrected chi connectivity index (χ2v) is 10.3. The Kier molecular flexibility index (Phi) is 5.41. The van der Waals surface area contributed by atoms with E-state index in [0.29, 0.717) is 6.61 Å². The zero-order valence-corrected chi connectivity index (χ0v) is 18.5. The van der Waals surface area contributed by atoms with Gasteiger partial charge in [-0.3, -0.25) is 9.59 Å². The Balaban J connectivity index is 1.52. The van der Waals surface area contributed by atoms with E-state index in [9.17, 15) is 9.59 Å². The number of hydrogen-bond acceptors (Lipinski definition) is 4. The van der Waals surface area contributed by atoms with Crippen molar-refractivity contribution in [3.8, 4) is 0 Å². The second-order valence-electron chi connectivity index (χ2n) is 10.3. The van der Waals surface area contributed by atoms with Gasteiger partial charge in [-0.25, -0.2) is 0 Å². The number of fused-ring (bicyclic) bond motifs is 5. The standard InChI is InChI=1S/C25H36O4/c1-16(26)28-14-11-18-6-8-22-21-7-5-19-15-20(29-17(2)27)9-12-25(19,4)23(21)10-13-24(18,22)3/h5,11,20-23H,6-10,12-15H2,1-4H3/b18-11-/t20-,21-,22-,23-,24+,25+/m1/s1. The van der Waals surface area contributed by atoms with Gasteiger partial charge in [0.1, 0.15) is 12.7 Å². The molecular weight excluding hydrogens is 364 g/mol. The minimum absolute atomic E-state index is 0.0690. The van der Waals surface area contributed by atoms with Crippen LogP contribution in [0.5, 0.6) is 0 Å². The van der Waals surface area contributed by atoms with Crippen LogP contribution in [-0.2, 0) is 19.1 Å². The number of carbonyl (C=O) groups is 2. The van der Waals surface area contributed by atoms with Crippen LogP contribution in [-0.4, -0.2) is 24.6 Å². The van der Waals surface area contributed by atoms with Crippen LogP contribution in [0.3, 0.4) is 0 Å². The van der Waals surface area contributed by atoms with Crippen LogP contribution < -0.4 is 0 Å². The van der Waals surface area contributed by atoms with Gasteiger partial charge in [0.05, 0.1) is 0 Å². The Labute approximate surface area is 175 Å². The lowest BCUT2D eigenvalue weighted by Crippen LogP contribution is -2.49. The maximum absolute atomic E-state index is 11.4. The van der Waals surface area contributed by atoms with E-state index in [1.165, 1.54) is 45.1 Å². The van der Waals surface area contributed by atoms with Gasteiger partial charge in [-0.15, -0.1) is 0 Å². The lowest BCUT2D eigenvalue weighted by atomic mass is 9.48. The average molecular weight is 401 g/mol. The van der Waals surface area contributed by atoms with E-state index < -0.39 is 0 Å². The predicted octanol–water partition coefficient (Wildman–Crippen LogP) is 5.37. The first-order valence-electron chi connectivity index (χ1n) is 11.4. The van der Waals surface area contributed by atoms with Gasteiger partial charge in [0.15, 0.2) is 0 Å². The molecule has 160 valence electrons. The number of allylic oxidation sites excluding steroid dienone is 2. The molecule has 0 aromatic rings. The molecule has 4 aliphatic carbocycles. The van der Waals surface area contributed by atoms with Crippen molar-refractivity contribution < 1.29 is 19.1 Å². The molecule has 4 heteroatoms. The van der Waals surface area contributed by atoms with Crippen molar-refractivity contribution in [3.63, 3.8) is 0 Å². The summed E-state index contributed by atoms with van der Waals surface area (Å²) in [5.41, 5.74) is 3.59. The first kappa shape index (κ1) is 20.7. The Morgan fingerprint density at radius 2 is 1.79 bits per heavy atom. The van der Waals surface area contributed by atoms with Gasteiger partial charge in [0.2, 0.25) is 0 Å². The highest BCUT2D eigenvalue weighted by Gasteiger charge is 2.57. The summed E-state index contributed by atoms with van der Waals surface area (Å²) in [5.74, 6) is 1.86. The molecule has 0 bridgehead atoms. The molecule has 3 saturated carbocycles. The number of esters is 2. The van der Waals surface area contributed by atoms with E-state index in [1.54, 1.807) is 5.57 Å². The van der Waals surface area contributed by atoms with Gasteiger partial charge >= 0.3 is 11.9 Å². The Morgan fingerprint density at radius 3 is 2.52 bits per heavy atom. The minimum Gasteiger partial charge on any atom is -0.462 e. The molecule has 0 spiro atoms. The van der Waals surface area contributed by atoms with E-state index >= 15 is 0 Å². The molecule has 3 fully saturated rings. The van der Waals surface area contributed by atoms with Crippen molar-refractivity contribution in [3.05, 3.63) is 23.3 Å². The summed E-state index contributed by atoms with van der Waals surface area (Å²) in [5, 5.41) is 0. The maximum Gasteiger partial charge on any atom is 0.302 e. The molecule has 0 aromatic heterocycles. The van der Waals surface area contributed by atoms with Crippen molar-refractivity contribution in [2.75, 3.05) is 6.61 Å². The molecule has 4 aliphatic rings. The van der Waals surface area contributed by atoms with Crippen molar-refractivity contribution in [2.45, 2.75) is 85.2 Å². The van der Waals surface area contributed by atoms with Gasteiger partial charge in [-0.2, -0.15) is 0 Å². The monoisotopic (exact) mass is 400 g/mol. The number of hydrogen-bond donors (Lipinski definition) is 0. The van der Waals surface area contributed by atoms with E-state index in [0.717, 1.165) is 43.4 Å². The summed E-state index contributed by atoms with van der Waals surface area (Å²) in [6.45, 7) is 8.36. The number of rotatable bonds is 3. The lowest BCUT2D eigenvalue weighted by molar-refractivity contribution is -0.148. The minimum atomic E-state index is -0.201. The van der Waals surface area contributed by atoms with Crippen molar-refractivity contribution >= 4 is 11.9 Å². The molecule has 0 unspecified atom stereocenters. The van der Waals surface area contributed by atoms with Crippen molar-refractivity contribution in [1.29, 1.82) is 0 Å². The first-order chi connectivity index (χ1) is 13.7. The average Bonchev–Trinajstić information content (AvgIpc) is 2.98. The predicted molar refractivity (Wildman–Crippen MR) is 112 cm³/mol. The molecule has 6 atom stereocenters. The molecular formula is C25H36O4. The third-order valence-corrected chi connectivity index (χ3v) is 8.86. The number of ether oxygens (including phenoxy) is 2. The Hall–Kier alpha value is -1.58. The molecule has 4 nitrogen and oxygen atoms in total. The fourth-order valence-electron chi connectivity index (χ4n) is 7.41. The summed E-state index contributed by atoms with van der Waals surface area (Å²) in [4.78, 5) is 22.5. The summed E-state index contributed by atoms with van der Waals surface area (Å²) in [6.07, 6.45) is 13.9. The zero-order valence-electron chi connectivity index (χ0n) is 18.5. The topological polar surface area (TPSA) is 52.6 Å². The van der Waals surface area contributed by atoms with Gasteiger partial charge in [-0.05, 0) is 79.6 Å². The van der Waals surface area contributed by atoms with Crippen molar-refractivity contribution in [2.24, 2.45) is 28.6 Å². The van der Waals surface area contributed by atoms with Crippen LogP contribution in [0.15, 0.2) is 23.3 Å². The fourth-order valence-corrected chi connectivity index (χ4v) is 7.41. The quantitative estimate of drug-likeness (QED) is 0.472. The van der Waals surface area contributed by atoms with Crippen LogP contribution in [0, 0.1) is 28.6 Å². The fraction of sp³-hybridized carbons (Fsp3) is 0.760. The maximum atomic E-state index is 11.4. The van der Waals surface area contributed by atoms with E-state index in [-0.39, 0.29) is 28.9 Å². The van der Waals surface area contributed by atoms with Gasteiger partial charge in [0, 0.05) is 20.3 Å². The molecule has 29 heavy (non-hydrogen) atoms. The van der Waals surface area contributed by atoms with Crippen LogP contribution in [0.4, 0.5) is 0 Å². The molecule has 4 rings (SSSR count). The van der Waals surface area contributed by atoms with Gasteiger partial charge in [0.25, 0.3) is 0 Å². The summed E-state index contributed by atoms with van der Waals surface area (Å²) in [7, 11) is 0. The third-order valence-electron chi connectivity index (χ3n) is 8.86. The summed E-state index contributed by atoms with van der Waals surface area (Å²) < 4.78 is 10.8. The molecule has 0 heterocycles. The highest BCUT2D eigenvalue weighted by atomic mass is 16.5. The van der Waals surface area contributed by atoms with Crippen molar-refractivity contribution in [1.82, 2.24) is 0 Å². The Morgan fingerprint density at radius 1 is 1.07 bits per heavy atom. The molecule has 0 amide bonds. The van der Waals surface area contributed by atoms with Crippen LogP contribution in [0.2, 0.25) is 0 Å². The second kappa shape index (κ2) is 7.59. The summed E-state index contributed by atoms with van der Waals surface area (Å²) >= 11 is 0. The molecule has 0 aromatic carbocycles. The SMILES string of the molecule is CC(=O)OC/C=C1/CC[C@@H]2[C@H]3CC=C4C[C@H](OC(C)=O)CC[C@]4(C)[C@@H]3CC[C@@]12C. The number of carbonyl (C=O) groups excluding carboxylic acids is 2. The van der Waals surface area contributed by atoms with Gasteiger partial charge < -0.3 is 9.47 Å². The highest BCUT2D eigenvalue weighted by molar-refractivity contribution is 5.66. The smallest absolute Gasteiger partial charge is 0.302 e. The summed E-state index contributed by atoms with van der Waals surface area (Å²) in [6, 6.07) is 0. The first-order valence-corrected chi connectivity index (χ1v) is 11.4. The lowest BCUT2D eigenvalue weighted by Gasteiger charge is -2.57. The largest absolute Gasteiger partial charge is 0.462 e. The highest BCUT2D eigenvalue weighted by Crippen LogP contribution is 2.66. The van der Waals surface area contributed by atoms with Crippen LogP contribution in [0.1, 0.15) is 79.1 Å². The molecule has 0 saturated heterocycles. The van der Waals surface area contributed by atoms with E-state index in [4.69, 9.17) is 9.47 Å². The molecule has 0 aliphatic heterocycles. The molecule has 0 radical (unpaired) electrons. The normalized spacial score (nSPS) is 42.3. The molecule has 0 N–H and O–H groups in total. The zero-order chi connectivity index (χ0) is 20.8.